The van der Waals surface area contributed by atoms with E-state index in [0.717, 1.165) is 13.0 Å². The van der Waals surface area contributed by atoms with Gasteiger partial charge in [-0.3, -0.25) is 4.79 Å². The van der Waals surface area contributed by atoms with E-state index < -0.39 is 0 Å². The average Bonchev–Trinajstić information content (AvgIpc) is 2.23. The number of hydrogen-bond donors (Lipinski definition) is 1. The number of carbonyl (C=O) groups is 1. The zero-order valence-electron chi connectivity index (χ0n) is 11.2. The fourth-order valence-corrected chi connectivity index (χ4v) is 1.57. The van der Waals surface area contributed by atoms with Crippen LogP contribution in [0.2, 0.25) is 0 Å². The van der Waals surface area contributed by atoms with Gasteiger partial charge in [-0.25, -0.2) is 0 Å². The number of rotatable bonds is 8. The fraction of sp³-hybridized carbons (Fsp3) is 0.917. The number of likely N-dealkylation sites (N-methyl/N-ethyl adjacent to an activating group) is 1. The first-order chi connectivity index (χ1) is 7.51. The Balaban J connectivity index is 4.14. The molecule has 0 aromatic rings. The Morgan fingerprint density at radius 2 is 2.06 bits per heavy atom. The molecule has 16 heavy (non-hydrogen) atoms. The van der Waals surface area contributed by atoms with Gasteiger partial charge in [0.25, 0.3) is 0 Å². The van der Waals surface area contributed by atoms with Crippen LogP contribution < -0.4 is 5.32 Å². The molecule has 0 aromatic heterocycles. The van der Waals surface area contributed by atoms with Gasteiger partial charge in [-0.1, -0.05) is 27.2 Å². The third kappa shape index (κ3) is 6.80. The highest BCUT2D eigenvalue weighted by Crippen LogP contribution is 1.97. The maximum absolute atomic E-state index is 11.5. The van der Waals surface area contributed by atoms with E-state index in [4.69, 9.17) is 4.74 Å². The highest BCUT2D eigenvalue weighted by molar-refractivity contribution is 5.75. The van der Waals surface area contributed by atoms with E-state index in [-0.39, 0.29) is 18.1 Å². The molecule has 0 rings (SSSR count). The molecule has 0 aromatic carbocycles. The second kappa shape index (κ2) is 8.53. The zero-order chi connectivity index (χ0) is 12.6. The van der Waals surface area contributed by atoms with E-state index in [1.165, 1.54) is 13.5 Å². The van der Waals surface area contributed by atoms with Gasteiger partial charge in [0.05, 0.1) is 7.11 Å². The van der Waals surface area contributed by atoms with Crippen molar-refractivity contribution in [1.29, 1.82) is 0 Å². The summed E-state index contributed by atoms with van der Waals surface area (Å²) in [6, 6.07) is 0.0514. The Morgan fingerprint density at radius 1 is 1.44 bits per heavy atom. The smallest absolute Gasteiger partial charge is 0.324 e. The van der Waals surface area contributed by atoms with Crippen LogP contribution in [0.3, 0.4) is 0 Å². The first-order valence-corrected chi connectivity index (χ1v) is 6.03. The van der Waals surface area contributed by atoms with Crippen LogP contribution in [-0.4, -0.2) is 50.2 Å². The normalized spacial score (nSPS) is 13.2. The molecule has 0 amide bonds. The molecular weight excluding hydrogens is 204 g/mol. The minimum absolute atomic E-state index is 0.183. The fourth-order valence-electron chi connectivity index (χ4n) is 1.57. The van der Waals surface area contributed by atoms with Crippen molar-refractivity contribution in [1.82, 2.24) is 10.2 Å². The number of esters is 1. The van der Waals surface area contributed by atoms with Gasteiger partial charge in [0, 0.05) is 12.6 Å². The SMILES string of the molecule is CCCCN(C)CC(NC(C)C)C(=O)OC. The summed E-state index contributed by atoms with van der Waals surface area (Å²) in [6.07, 6.45) is 2.33. The van der Waals surface area contributed by atoms with Crippen molar-refractivity contribution >= 4 is 5.97 Å². The highest BCUT2D eigenvalue weighted by Gasteiger charge is 2.21. The van der Waals surface area contributed by atoms with E-state index in [2.05, 4.69) is 17.1 Å². The van der Waals surface area contributed by atoms with Crippen LogP contribution in [0.5, 0.6) is 0 Å². The van der Waals surface area contributed by atoms with Gasteiger partial charge in [0.1, 0.15) is 6.04 Å². The predicted octanol–water partition coefficient (Wildman–Crippen LogP) is 1.26. The Bertz CT molecular complexity index is 195. The largest absolute Gasteiger partial charge is 0.468 e. The van der Waals surface area contributed by atoms with Crippen molar-refractivity contribution in [3.8, 4) is 0 Å². The molecule has 96 valence electrons. The summed E-state index contributed by atoms with van der Waals surface area (Å²) in [5.74, 6) is -0.183. The summed E-state index contributed by atoms with van der Waals surface area (Å²) >= 11 is 0. The number of unbranched alkanes of at least 4 members (excludes halogenated alkanes) is 1. The van der Waals surface area contributed by atoms with Crippen LogP contribution in [0.4, 0.5) is 0 Å². The van der Waals surface area contributed by atoms with Crippen LogP contribution in [0.1, 0.15) is 33.6 Å². The van der Waals surface area contributed by atoms with Gasteiger partial charge in [-0.2, -0.15) is 0 Å². The van der Waals surface area contributed by atoms with E-state index in [0.29, 0.717) is 6.54 Å². The molecule has 0 saturated carbocycles. The lowest BCUT2D eigenvalue weighted by Crippen LogP contribution is -2.48. The average molecular weight is 230 g/mol. The van der Waals surface area contributed by atoms with Crippen LogP contribution in [0, 0.1) is 0 Å². The summed E-state index contributed by atoms with van der Waals surface area (Å²) in [6.45, 7) is 7.94. The van der Waals surface area contributed by atoms with Gasteiger partial charge in [-0.05, 0) is 20.0 Å². The quantitative estimate of drug-likeness (QED) is 0.637. The number of nitrogens with one attached hydrogen (secondary N) is 1. The van der Waals surface area contributed by atoms with Gasteiger partial charge in [-0.15, -0.1) is 0 Å². The monoisotopic (exact) mass is 230 g/mol. The first kappa shape index (κ1) is 15.4. The third-order valence-corrected chi connectivity index (χ3v) is 2.41. The van der Waals surface area contributed by atoms with E-state index in [1.807, 2.05) is 20.9 Å². The van der Waals surface area contributed by atoms with E-state index in [9.17, 15) is 4.79 Å². The Morgan fingerprint density at radius 3 is 2.50 bits per heavy atom. The molecule has 0 heterocycles. The lowest BCUT2D eigenvalue weighted by atomic mass is 10.2. The van der Waals surface area contributed by atoms with Gasteiger partial charge in [0.15, 0.2) is 0 Å². The molecule has 0 aliphatic rings. The molecule has 0 radical (unpaired) electrons. The summed E-state index contributed by atoms with van der Waals surface area (Å²) in [7, 11) is 3.47. The number of nitrogens with zero attached hydrogens (tertiary/aromatic N) is 1. The Hall–Kier alpha value is -0.610. The van der Waals surface area contributed by atoms with Crippen molar-refractivity contribution in [2.45, 2.75) is 45.7 Å². The third-order valence-electron chi connectivity index (χ3n) is 2.41. The van der Waals surface area contributed by atoms with Crippen molar-refractivity contribution < 1.29 is 9.53 Å². The molecule has 0 saturated heterocycles. The molecule has 1 N–H and O–H groups in total. The standard InChI is InChI=1S/C12H26N2O2/c1-6-7-8-14(4)9-11(12(15)16-5)13-10(2)3/h10-11,13H,6-9H2,1-5H3. The molecule has 1 atom stereocenters. The molecule has 1 unspecified atom stereocenters. The van der Waals surface area contributed by atoms with E-state index in [1.54, 1.807) is 0 Å². The van der Waals surface area contributed by atoms with Crippen LogP contribution in [0.25, 0.3) is 0 Å². The molecule has 0 aliphatic carbocycles. The summed E-state index contributed by atoms with van der Waals surface area (Å²) in [4.78, 5) is 13.7. The topological polar surface area (TPSA) is 41.6 Å². The number of ether oxygens (including phenoxy) is 1. The van der Waals surface area contributed by atoms with Crippen LogP contribution in [0.15, 0.2) is 0 Å². The second-order valence-corrected chi connectivity index (χ2v) is 4.51. The summed E-state index contributed by atoms with van der Waals surface area (Å²) in [5.41, 5.74) is 0. The number of carbonyl (C=O) groups excluding carboxylic acids is 1. The maximum Gasteiger partial charge on any atom is 0.324 e. The summed E-state index contributed by atoms with van der Waals surface area (Å²) in [5, 5.41) is 3.22. The minimum Gasteiger partial charge on any atom is -0.468 e. The van der Waals surface area contributed by atoms with Crippen LogP contribution in [-0.2, 0) is 9.53 Å². The lowest BCUT2D eigenvalue weighted by molar-refractivity contribution is -0.143. The molecule has 0 spiro atoms. The predicted molar refractivity (Wildman–Crippen MR) is 66.5 cm³/mol. The molecular formula is C12H26N2O2. The molecule has 4 heteroatoms. The van der Waals surface area contributed by atoms with Crippen molar-refractivity contribution in [3.63, 3.8) is 0 Å². The van der Waals surface area contributed by atoms with Crippen molar-refractivity contribution in [2.24, 2.45) is 0 Å². The van der Waals surface area contributed by atoms with Gasteiger partial charge < -0.3 is 15.0 Å². The van der Waals surface area contributed by atoms with Crippen molar-refractivity contribution in [3.05, 3.63) is 0 Å². The maximum atomic E-state index is 11.5. The Labute approximate surface area is 99.3 Å². The molecule has 0 fully saturated rings. The summed E-state index contributed by atoms with van der Waals surface area (Å²) < 4.78 is 4.79. The zero-order valence-corrected chi connectivity index (χ0v) is 11.2. The van der Waals surface area contributed by atoms with Gasteiger partial charge >= 0.3 is 5.97 Å². The number of hydrogen-bond acceptors (Lipinski definition) is 4. The molecule has 0 aliphatic heterocycles. The van der Waals surface area contributed by atoms with E-state index >= 15 is 0 Å². The molecule has 4 nitrogen and oxygen atoms in total. The first-order valence-electron chi connectivity index (χ1n) is 6.03. The second-order valence-electron chi connectivity index (χ2n) is 4.51. The molecule has 0 bridgehead atoms. The highest BCUT2D eigenvalue weighted by atomic mass is 16.5. The minimum atomic E-state index is -0.230. The van der Waals surface area contributed by atoms with Crippen molar-refractivity contribution in [2.75, 3.05) is 27.2 Å². The number of methoxy groups -OCH3 is 1. The van der Waals surface area contributed by atoms with Crippen LogP contribution >= 0.6 is 0 Å². The Kier molecular flexibility index (Phi) is 8.21. The van der Waals surface area contributed by atoms with Gasteiger partial charge in [0.2, 0.25) is 0 Å². The lowest BCUT2D eigenvalue weighted by Gasteiger charge is -2.24.